The van der Waals surface area contributed by atoms with E-state index in [0.29, 0.717) is 12.0 Å². The van der Waals surface area contributed by atoms with Gasteiger partial charge in [-0.2, -0.15) is 0 Å². The van der Waals surface area contributed by atoms with Crippen LogP contribution in [0.25, 0.3) is 0 Å². The monoisotopic (exact) mass is 203 g/mol. The molecule has 0 radical (unpaired) electrons. The minimum Gasteiger partial charge on any atom is -0.327 e. The first-order chi connectivity index (χ1) is 7.18. The maximum absolute atomic E-state index is 6.22. The normalized spacial score (nSPS) is 26.6. The van der Waals surface area contributed by atoms with Crippen LogP contribution < -0.4 is 5.73 Å². The quantitative estimate of drug-likeness (QED) is 0.744. The second-order valence-electron chi connectivity index (χ2n) is 4.91. The molecule has 0 heterocycles. The van der Waals surface area contributed by atoms with E-state index in [9.17, 15) is 0 Å². The molecular formula is C14H21N. The lowest BCUT2D eigenvalue weighted by molar-refractivity contribution is 0.384. The van der Waals surface area contributed by atoms with Crippen molar-refractivity contribution in [2.75, 3.05) is 0 Å². The van der Waals surface area contributed by atoms with Crippen molar-refractivity contribution < 1.29 is 0 Å². The molecule has 1 aliphatic carbocycles. The molecule has 0 saturated heterocycles. The molecule has 1 aliphatic rings. The minimum atomic E-state index is 0.375. The smallest absolute Gasteiger partial charge is 0.0108 e. The van der Waals surface area contributed by atoms with Crippen LogP contribution in [0.4, 0.5) is 0 Å². The van der Waals surface area contributed by atoms with Gasteiger partial charge in [0, 0.05) is 6.04 Å². The summed E-state index contributed by atoms with van der Waals surface area (Å²) in [7, 11) is 0. The molecule has 0 aromatic heterocycles. The molecular weight excluding hydrogens is 182 g/mol. The Bertz CT molecular complexity index is 343. The molecule has 0 amide bonds. The summed E-state index contributed by atoms with van der Waals surface area (Å²) in [6.45, 7) is 4.36. The molecule has 1 aromatic carbocycles. The molecule has 1 saturated carbocycles. The van der Waals surface area contributed by atoms with E-state index in [-0.39, 0.29) is 0 Å². The minimum absolute atomic E-state index is 0.375. The van der Waals surface area contributed by atoms with Crippen LogP contribution in [0.2, 0.25) is 0 Å². The van der Waals surface area contributed by atoms with Gasteiger partial charge in [0.2, 0.25) is 0 Å². The SMILES string of the molecule is Cc1ccc(C2CCCCC2N)c(C)c1. The van der Waals surface area contributed by atoms with Gasteiger partial charge in [-0.15, -0.1) is 0 Å². The van der Waals surface area contributed by atoms with Crippen LogP contribution >= 0.6 is 0 Å². The summed E-state index contributed by atoms with van der Waals surface area (Å²) in [5.41, 5.74) is 10.5. The molecule has 82 valence electrons. The van der Waals surface area contributed by atoms with Crippen molar-refractivity contribution in [1.82, 2.24) is 0 Å². The van der Waals surface area contributed by atoms with Crippen LogP contribution in [0.5, 0.6) is 0 Å². The van der Waals surface area contributed by atoms with Gasteiger partial charge in [-0.05, 0) is 43.7 Å². The molecule has 0 aliphatic heterocycles. The third-order valence-corrected chi connectivity index (χ3v) is 3.64. The van der Waals surface area contributed by atoms with Crippen LogP contribution in [0, 0.1) is 13.8 Å². The van der Waals surface area contributed by atoms with Crippen LogP contribution in [-0.2, 0) is 0 Å². The fraction of sp³-hybridized carbons (Fsp3) is 0.571. The van der Waals surface area contributed by atoms with Crippen molar-refractivity contribution in [3.8, 4) is 0 Å². The molecule has 1 fully saturated rings. The van der Waals surface area contributed by atoms with Gasteiger partial charge in [0.25, 0.3) is 0 Å². The Morgan fingerprint density at radius 1 is 1.13 bits per heavy atom. The Morgan fingerprint density at radius 2 is 1.87 bits per heavy atom. The molecule has 1 heteroatoms. The fourth-order valence-corrected chi connectivity index (χ4v) is 2.79. The zero-order chi connectivity index (χ0) is 10.8. The van der Waals surface area contributed by atoms with E-state index in [1.165, 1.54) is 42.4 Å². The van der Waals surface area contributed by atoms with E-state index in [1.807, 2.05) is 0 Å². The molecule has 1 aromatic rings. The number of hydrogen-bond acceptors (Lipinski definition) is 1. The highest BCUT2D eigenvalue weighted by Gasteiger charge is 2.24. The maximum Gasteiger partial charge on any atom is 0.0108 e. The van der Waals surface area contributed by atoms with Gasteiger partial charge in [-0.25, -0.2) is 0 Å². The largest absolute Gasteiger partial charge is 0.327 e. The Kier molecular flexibility index (Phi) is 3.11. The lowest BCUT2D eigenvalue weighted by atomic mass is 9.79. The van der Waals surface area contributed by atoms with Crippen LogP contribution in [-0.4, -0.2) is 6.04 Å². The van der Waals surface area contributed by atoms with Crippen molar-refractivity contribution in [2.45, 2.75) is 51.5 Å². The molecule has 2 N–H and O–H groups in total. The van der Waals surface area contributed by atoms with E-state index in [1.54, 1.807) is 0 Å². The summed E-state index contributed by atoms with van der Waals surface area (Å²) < 4.78 is 0. The number of nitrogens with two attached hydrogens (primary N) is 1. The topological polar surface area (TPSA) is 26.0 Å². The van der Waals surface area contributed by atoms with E-state index in [2.05, 4.69) is 32.0 Å². The zero-order valence-corrected chi connectivity index (χ0v) is 9.79. The van der Waals surface area contributed by atoms with E-state index >= 15 is 0 Å². The van der Waals surface area contributed by atoms with Crippen molar-refractivity contribution in [2.24, 2.45) is 5.73 Å². The van der Waals surface area contributed by atoms with Crippen LogP contribution in [0.1, 0.15) is 48.3 Å². The lowest BCUT2D eigenvalue weighted by Gasteiger charge is -2.30. The standard InChI is InChI=1S/C14H21N/c1-10-7-8-12(11(2)9-10)13-5-3-4-6-14(13)15/h7-9,13-14H,3-6,15H2,1-2H3. The van der Waals surface area contributed by atoms with E-state index < -0.39 is 0 Å². The Labute approximate surface area is 92.7 Å². The summed E-state index contributed by atoms with van der Waals surface area (Å²) in [6, 6.07) is 7.14. The predicted octanol–water partition coefficient (Wildman–Crippen LogP) is 3.29. The highest BCUT2D eigenvalue weighted by molar-refractivity contribution is 5.34. The Balaban J connectivity index is 2.27. The summed E-state index contributed by atoms with van der Waals surface area (Å²) in [4.78, 5) is 0. The van der Waals surface area contributed by atoms with E-state index in [4.69, 9.17) is 5.73 Å². The van der Waals surface area contributed by atoms with Gasteiger partial charge in [-0.1, -0.05) is 36.6 Å². The summed E-state index contributed by atoms with van der Waals surface area (Å²) >= 11 is 0. The fourth-order valence-electron chi connectivity index (χ4n) is 2.79. The summed E-state index contributed by atoms with van der Waals surface area (Å²) in [5, 5.41) is 0. The lowest BCUT2D eigenvalue weighted by Crippen LogP contribution is -2.31. The third kappa shape index (κ3) is 2.23. The molecule has 2 atom stereocenters. The summed E-state index contributed by atoms with van der Waals surface area (Å²) in [5.74, 6) is 0.597. The second-order valence-corrected chi connectivity index (χ2v) is 4.91. The highest BCUT2D eigenvalue weighted by Crippen LogP contribution is 2.33. The van der Waals surface area contributed by atoms with Gasteiger partial charge in [0.05, 0.1) is 0 Å². The average molecular weight is 203 g/mol. The average Bonchev–Trinajstić information content (AvgIpc) is 2.20. The van der Waals surface area contributed by atoms with Crippen molar-refractivity contribution in [1.29, 1.82) is 0 Å². The van der Waals surface area contributed by atoms with Crippen molar-refractivity contribution >= 4 is 0 Å². The molecule has 15 heavy (non-hydrogen) atoms. The predicted molar refractivity (Wildman–Crippen MR) is 65.1 cm³/mol. The van der Waals surface area contributed by atoms with Gasteiger partial charge in [-0.3, -0.25) is 0 Å². The molecule has 0 bridgehead atoms. The summed E-state index contributed by atoms with van der Waals surface area (Å²) in [6.07, 6.45) is 5.11. The zero-order valence-electron chi connectivity index (χ0n) is 9.79. The first kappa shape index (κ1) is 10.7. The van der Waals surface area contributed by atoms with Gasteiger partial charge in [0.15, 0.2) is 0 Å². The van der Waals surface area contributed by atoms with Crippen LogP contribution in [0.3, 0.4) is 0 Å². The first-order valence-electron chi connectivity index (χ1n) is 6.01. The van der Waals surface area contributed by atoms with Gasteiger partial charge < -0.3 is 5.73 Å². The Hall–Kier alpha value is -0.820. The Morgan fingerprint density at radius 3 is 2.53 bits per heavy atom. The number of rotatable bonds is 1. The number of aryl methyl sites for hydroxylation is 2. The van der Waals surface area contributed by atoms with Crippen molar-refractivity contribution in [3.05, 3.63) is 34.9 Å². The van der Waals surface area contributed by atoms with Crippen molar-refractivity contribution in [3.63, 3.8) is 0 Å². The van der Waals surface area contributed by atoms with E-state index in [0.717, 1.165) is 0 Å². The molecule has 2 rings (SSSR count). The molecule has 1 nitrogen and oxygen atoms in total. The van der Waals surface area contributed by atoms with Crippen LogP contribution in [0.15, 0.2) is 18.2 Å². The third-order valence-electron chi connectivity index (χ3n) is 3.64. The maximum atomic E-state index is 6.22. The molecule has 0 spiro atoms. The first-order valence-corrected chi connectivity index (χ1v) is 6.01. The number of benzene rings is 1. The van der Waals surface area contributed by atoms with Gasteiger partial charge in [0.1, 0.15) is 0 Å². The van der Waals surface area contributed by atoms with Gasteiger partial charge >= 0.3 is 0 Å². The molecule has 2 unspecified atom stereocenters. The highest BCUT2D eigenvalue weighted by atomic mass is 14.7. The second kappa shape index (κ2) is 4.36. The number of hydrogen-bond donors (Lipinski definition) is 1.